The summed E-state index contributed by atoms with van der Waals surface area (Å²) >= 11 is 0. The first-order chi connectivity index (χ1) is 7.36. The summed E-state index contributed by atoms with van der Waals surface area (Å²) in [7, 11) is 1.52. The van der Waals surface area contributed by atoms with E-state index in [1.165, 1.54) is 14.0 Å². The molecular weight excluding hydrogens is 206 g/mol. The molecule has 0 fully saturated rings. The van der Waals surface area contributed by atoms with Crippen LogP contribution in [0.5, 0.6) is 5.75 Å². The van der Waals surface area contributed by atoms with Crippen LogP contribution in [-0.4, -0.2) is 18.1 Å². The Morgan fingerprint density at radius 3 is 2.50 bits per heavy atom. The number of ether oxygens (including phenoxy) is 1. The molecule has 0 radical (unpaired) electrons. The molecule has 0 heterocycles. The van der Waals surface area contributed by atoms with Crippen LogP contribution in [0.25, 0.3) is 0 Å². The number of para-hydroxylation sites is 1. The van der Waals surface area contributed by atoms with Gasteiger partial charge in [-0.05, 0) is 19.9 Å². The summed E-state index contributed by atoms with van der Waals surface area (Å²) in [5.74, 6) is 0.338. The average Bonchev–Trinajstić information content (AvgIpc) is 2.15. The molecule has 1 amide bonds. The SMILES string of the molecule is COc1cccc(C(C)(C)O)c1NC(C)=O. The lowest BCUT2D eigenvalue weighted by Gasteiger charge is -2.23. The summed E-state index contributed by atoms with van der Waals surface area (Å²) < 4.78 is 5.16. The fourth-order valence-corrected chi connectivity index (χ4v) is 1.52. The van der Waals surface area contributed by atoms with Gasteiger partial charge in [0.25, 0.3) is 0 Å². The Morgan fingerprint density at radius 1 is 1.44 bits per heavy atom. The maximum Gasteiger partial charge on any atom is 0.221 e. The van der Waals surface area contributed by atoms with Crippen LogP contribution in [0, 0.1) is 0 Å². The monoisotopic (exact) mass is 223 g/mol. The number of rotatable bonds is 3. The normalized spacial score (nSPS) is 11.1. The zero-order chi connectivity index (χ0) is 12.3. The number of hydrogen-bond donors (Lipinski definition) is 2. The Kier molecular flexibility index (Phi) is 3.55. The third kappa shape index (κ3) is 2.73. The standard InChI is InChI=1S/C12H17NO3/c1-8(14)13-11-9(12(2,3)15)6-5-7-10(11)16-4/h5-7,15H,1-4H3,(H,13,14). The Morgan fingerprint density at radius 2 is 2.06 bits per heavy atom. The molecule has 4 heteroatoms. The van der Waals surface area contributed by atoms with E-state index in [2.05, 4.69) is 5.32 Å². The van der Waals surface area contributed by atoms with E-state index in [0.717, 1.165) is 0 Å². The molecular formula is C12H17NO3. The summed E-state index contributed by atoms with van der Waals surface area (Å²) in [6.07, 6.45) is 0. The number of amides is 1. The molecule has 0 aromatic heterocycles. The Bertz CT molecular complexity index is 394. The first kappa shape index (κ1) is 12.5. The lowest BCUT2D eigenvalue weighted by Crippen LogP contribution is -2.20. The summed E-state index contributed by atoms with van der Waals surface area (Å²) in [6.45, 7) is 4.74. The molecule has 2 N–H and O–H groups in total. The van der Waals surface area contributed by atoms with E-state index in [0.29, 0.717) is 17.0 Å². The van der Waals surface area contributed by atoms with E-state index in [9.17, 15) is 9.90 Å². The van der Waals surface area contributed by atoms with Gasteiger partial charge in [0.2, 0.25) is 5.91 Å². The molecule has 0 saturated carbocycles. The van der Waals surface area contributed by atoms with E-state index in [4.69, 9.17) is 4.74 Å². The van der Waals surface area contributed by atoms with Crippen molar-refractivity contribution < 1.29 is 14.6 Å². The van der Waals surface area contributed by atoms with Gasteiger partial charge in [0.1, 0.15) is 5.75 Å². The number of anilines is 1. The van der Waals surface area contributed by atoms with Gasteiger partial charge in [-0.1, -0.05) is 12.1 Å². The van der Waals surface area contributed by atoms with Crippen molar-refractivity contribution in [3.63, 3.8) is 0 Å². The number of carbonyl (C=O) groups excluding carboxylic acids is 1. The summed E-state index contributed by atoms with van der Waals surface area (Å²) in [6, 6.07) is 5.27. The maximum atomic E-state index is 11.1. The quantitative estimate of drug-likeness (QED) is 0.822. The molecule has 0 bridgehead atoms. The van der Waals surface area contributed by atoms with Crippen molar-refractivity contribution in [3.05, 3.63) is 23.8 Å². The fourth-order valence-electron chi connectivity index (χ4n) is 1.52. The number of nitrogens with one attached hydrogen (secondary N) is 1. The molecule has 0 aliphatic rings. The number of hydrogen-bond acceptors (Lipinski definition) is 3. The largest absolute Gasteiger partial charge is 0.495 e. The van der Waals surface area contributed by atoms with Crippen LogP contribution in [0.3, 0.4) is 0 Å². The first-order valence-corrected chi connectivity index (χ1v) is 5.03. The predicted octanol–water partition coefficient (Wildman–Crippen LogP) is 1.88. The van der Waals surface area contributed by atoms with E-state index in [-0.39, 0.29) is 5.91 Å². The molecule has 0 aliphatic carbocycles. The number of benzene rings is 1. The molecule has 1 rings (SSSR count). The summed E-state index contributed by atoms with van der Waals surface area (Å²) in [4.78, 5) is 11.1. The van der Waals surface area contributed by atoms with Gasteiger partial charge >= 0.3 is 0 Å². The van der Waals surface area contributed by atoms with Crippen molar-refractivity contribution in [2.45, 2.75) is 26.4 Å². The zero-order valence-electron chi connectivity index (χ0n) is 10.00. The van der Waals surface area contributed by atoms with Gasteiger partial charge in [0, 0.05) is 12.5 Å². The topological polar surface area (TPSA) is 58.6 Å². The van der Waals surface area contributed by atoms with Gasteiger partial charge < -0.3 is 15.2 Å². The highest BCUT2D eigenvalue weighted by molar-refractivity contribution is 5.91. The second-order valence-electron chi connectivity index (χ2n) is 4.12. The third-order valence-corrected chi connectivity index (χ3v) is 2.21. The van der Waals surface area contributed by atoms with Crippen LogP contribution in [0.15, 0.2) is 18.2 Å². The second kappa shape index (κ2) is 4.53. The Balaban J connectivity index is 3.31. The molecule has 1 aromatic carbocycles. The van der Waals surface area contributed by atoms with Gasteiger partial charge in [-0.15, -0.1) is 0 Å². The van der Waals surface area contributed by atoms with E-state index in [1.807, 2.05) is 0 Å². The van der Waals surface area contributed by atoms with Crippen LogP contribution >= 0.6 is 0 Å². The minimum atomic E-state index is -1.04. The maximum absolute atomic E-state index is 11.1. The zero-order valence-corrected chi connectivity index (χ0v) is 10.00. The molecule has 88 valence electrons. The number of methoxy groups -OCH3 is 1. The molecule has 16 heavy (non-hydrogen) atoms. The molecule has 4 nitrogen and oxygen atoms in total. The van der Waals surface area contributed by atoms with Crippen LogP contribution in [0.1, 0.15) is 26.3 Å². The van der Waals surface area contributed by atoms with Crippen LogP contribution in [0.2, 0.25) is 0 Å². The van der Waals surface area contributed by atoms with Crippen molar-refractivity contribution >= 4 is 11.6 Å². The molecule has 0 atom stereocenters. The van der Waals surface area contributed by atoms with Crippen LogP contribution in [-0.2, 0) is 10.4 Å². The highest BCUT2D eigenvalue weighted by atomic mass is 16.5. The van der Waals surface area contributed by atoms with Crippen LogP contribution in [0.4, 0.5) is 5.69 Å². The van der Waals surface area contributed by atoms with Crippen molar-refractivity contribution in [3.8, 4) is 5.75 Å². The molecule has 0 unspecified atom stereocenters. The van der Waals surface area contributed by atoms with Crippen molar-refractivity contribution in [1.82, 2.24) is 0 Å². The molecule has 0 aliphatic heterocycles. The molecule has 0 saturated heterocycles. The number of aliphatic hydroxyl groups is 1. The van der Waals surface area contributed by atoms with Gasteiger partial charge in [0.05, 0.1) is 18.4 Å². The summed E-state index contributed by atoms with van der Waals surface area (Å²) in [5.41, 5.74) is 0.110. The van der Waals surface area contributed by atoms with E-state index in [1.54, 1.807) is 32.0 Å². The van der Waals surface area contributed by atoms with Crippen molar-refractivity contribution in [2.24, 2.45) is 0 Å². The van der Waals surface area contributed by atoms with Gasteiger partial charge in [0.15, 0.2) is 0 Å². The molecule has 1 aromatic rings. The smallest absolute Gasteiger partial charge is 0.221 e. The fraction of sp³-hybridized carbons (Fsp3) is 0.417. The van der Waals surface area contributed by atoms with E-state index < -0.39 is 5.60 Å². The highest BCUT2D eigenvalue weighted by Crippen LogP contribution is 2.34. The minimum absolute atomic E-state index is 0.199. The minimum Gasteiger partial charge on any atom is -0.495 e. The molecule has 0 spiro atoms. The lowest BCUT2D eigenvalue weighted by atomic mass is 9.96. The third-order valence-electron chi connectivity index (χ3n) is 2.21. The van der Waals surface area contributed by atoms with Crippen molar-refractivity contribution in [1.29, 1.82) is 0 Å². The Hall–Kier alpha value is -1.55. The lowest BCUT2D eigenvalue weighted by molar-refractivity contribution is -0.114. The highest BCUT2D eigenvalue weighted by Gasteiger charge is 2.22. The van der Waals surface area contributed by atoms with Gasteiger partial charge in [-0.2, -0.15) is 0 Å². The first-order valence-electron chi connectivity index (χ1n) is 5.03. The Labute approximate surface area is 95.2 Å². The average molecular weight is 223 g/mol. The van der Waals surface area contributed by atoms with Crippen LogP contribution < -0.4 is 10.1 Å². The summed E-state index contributed by atoms with van der Waals surface area (Å²) in [5, 5.41) is 12.7. The van der Waals surface area contributed by atoms with Crippen molar-refractivity contribution in [2.75, 3.05) is 12.4 Å². The number of carbonyl (C=O) groups is 1. The van der Waals surface area contributed by atoms with E-state index >= 15 is 0 Å². The van der Waals surface area contributed by atoms with Gasteiger partial charge in [-0.25, -0.2) is 0 Å². The van der Waals surface area contributed by atoms with Gasteiger partial charge in [-0.3, -0.25) is 4.79 Å². The second-order valence-corrected chi connectivity index (χ2v) is 4.12. The predicted molar refractivity (Wildman–Crippen MR) is 62.5 cm³/mol.